The summed E-state index contributed by atoms with van der Waals surface area (Å²) < 4.78 is 10.3. The van der Waals surface area contributed by atoms with Gasteiger partial charge >= 0.3 is 0 Å². The second-order valence-corrected chi connectivity index (χ2v) is 2.04. The fourth-order valence-corrected chi connectivity index (χ4v) is 0.722. The second-order valence-electron chi connectivity index (χ2n) is 2.04. The molecule has 1 aliphatic heterocycles. The maximum absolute atomic E-state index is 5.27. The van der Waals surface area contributed by atoms with Gasteiger partial charge in [-0.1, -0.05) is 6.92 Å². The van der Waals surface area contributed by atoms with Crippen LogP contribution in [0.25, 0.3) is 0 Å². The second kappa shape index (κ2) is 3.51. The summed E-state index contributed by atoms with van der Waals surface area (Å²) in [6, 6.07) is 0. The summed E-state index contributed by atoms with van der Waals surface area (Å²) in [7, 11) is 0. The lowest BCUT2D eigenvalue weighted by Gasteiger charge is -2.09. The summed E-state index contributed by atoms with van der Waals surface area (Å²) in [5.74, 6) is 0. The van der Waals surface area contributed by atoms with Crippen LogP contribution in [0.15, 0.2) is 12.3 Å². The molecule has 2 nitrogen and oxygen atoms in total. The van der Waals surface area contributed by atoms with Crippen LogP contribution in [0.3, 0.4) is 0 Å². The molecule has 0 aromatic carbocycles. The van der Waals surface area contributed by atoms with Gasteiger partial charge in [0.1, 0.15) is 0 Å². The van der Waals surface area contributed by atoms with Gasteiger partial charge in [-0.05, 0) is 12.5 Å². The highest BCUT2D eigenvalue weighted by Crippen LogP contribution is 2.09. The van der Waals surface area contributed by atoms with E-state index in [1.165, 1.54) is 0 Å². The van der Waals surface area contributed by atoms with Crippen LogP contribution in [0.5, 0.6) is 0 Å². The largest absolute Gasteiger partial charge is 0.473 e. The zero-order valence-electron chi connectivity index (χ0n) is 5.67. The topological polar surface area (TPSA) is 18.5 Å². The first kappa shape index (κ1) is 6.62. The van der Waals surface area contributed by atoms with Gasteiger partial charge in [-0.2, -0.15) is 0 Å². The van der Waals surface area contributed by atoms with E-state index in [2.05, 4.69) is 6.92 Å². The van der Waals surface area contributed by atoms with Gasteiger partial charge in [-0.25, -0.2) is 0 Å². The predicted octanol–water partition coefficient (Wildman–Crippen LogP) is 1.67. The lowest BCUT2D eigenvalue weighted by atomic mass is 10.4. The van der Waals surface area contributed by atoms with E-state index in [4.69, 9.17) is 9.47 Å². The van der Waals surface area contributed by atoms with Gasteiger partial charge in [0.15, 0.2) is 0 Å². The lowest BCUT2D eigenvalue weighted by molar-refractivity contribution is -0.0911. The van der Waals surface area contributed by atoms with Crippen molar-refractivity contribution in [3.63, 3.8) is 0 Å². The first-order valence-electron chi connectivity index (χ1n) is 3.35. The van der Waals surface area contributed by atoms with Crippen molar-refractivity contribution in [1.82, 2.24) is 0 Å². The standard InChI is InChI=1S/C7H12O2/c1-2-5-8-7-4-3-6-9-7/h3,6-7H,2,4-5H2,1H3. The van der Waals surface area contributed by atoms with Crippen molar-refractivity contribution in [3.05, 3.63) is 12.3 Å². The minimum atomic E-state index is 0.00458. The van der Waals surface area contributed by atoms with Crippen molar-refractivity contribution >= 4 is 0 Å². The molecule has 0 spiro atoms. The smallest absolute Gasteiger partial charge is 0.202 e. The molecular weight excluding hydrogens is 116 g/mol. The normalized spacial score (nSPS) is 24.3. The molecule has 1 aliphatic rings. The molecule has 1 unspecified atom stereocenters. The molecule has 9 heavy (non-hydrogen) atoms. The first-order valence-corrected chi connectivity index (χ1v) is 3.35. The van der Waals surface area contributed by atoms with E-state index >= 15 is 0 Å². The highest BCUT2D eigenvalue weighted by atomic mass is 16.7. The summed E-state index contributed by atoms with van der Waals surface area (Å²) in [4.78, 5) is 0. The van der Waals surface area contributed by atoms with Crippen molar-refractivity contribution < 1.29 is 9.47 Å². The third-order valence-corrected chi connectivity index (χ3v) is 1.16. The molecule has 0 saturated carbocycles. The third-order valence-electron chi connectivity index (χ3n) is 1.16. The Hall–Kier alpha value is -0.500. The molecular formula is C7H12O2. The summed E-state index contributed by atoms with van der Waals surface area (Å²) >= 11 is 0. The van der Waals surface area contributed by atoms with Crippen LogP contribution in [0.1, 0.15) is 19.8 Å². The van der Waals surface area contributed by atoms with Crippen molar-refractivity contribution in [3.8, 4) is 0 Å². The molecule has 0 amide bonds. The number of ether oxygens (including phenoxy) is 2. The maximum atomic E-state index is 5.27. The van der Waals surface area contributed by atoms with Gasteiger partial charge in [0.25, 0.3) is 0 Å². The summed E-state index contributed by atoms with van der Waals surface area (Å²) in [6.45, 7) is 2.88. The van der Waals surface area contributed by atoms with Crippen molar-refractivity contribution in [1.29, 1.82) is 0 Å². The van der Waals surface area contributed by atoms with E-state index in [1.54, 1.807) is 6.26 Å². The third kappa shape index (κ3) is 2.06. The van der Waals surface area contributed by atoms with Crippen LogP contribution in [0, 0.1) is 0 Å². The Kier molecular flexibility index (Phi) is 2.58. The Bertz CT molecular complexity index is 91.1. The molecule has 0 aliphatic carbocycles. The fraction of sp³-hybridized carbons (Fsp3) is 0.714. The molecule has 0 aromatic rings. The minimum absolute atomic E-state index is 0.00458. The number of rotatable bonds is 3. The molecule has 1 rings (SSSR count). The summed E-state index contributed by atoms with van der Waals surface area (Å²) in [5.41, 5.74) is 0. The van der Waals surface area contributed by atoms with Crippen LogP contribution < -0.4 is 0 Å². The maximum Gasteiger partial charge on any atom is 0.202 e. The van der Waals surface area contributed by atoms with Gasteiger partial charge in [-0.3, -0.25) is 0 Å². The molecule has 1 atom stereocenters. The molecule has 0 radical (unpaired) electrons. The molecule has 52 valence electrons. The van der Waals surface area contributed by atoms with E-state index in [9.17, 15) is 0 Å². The zero-order chi connectivity index (χ0) is 6.53. The Balaban J connectivity index is 2.01. The first-order chi connectivity index (χ1) is 4.43. The molecule has 0 N–H and O–H groups in total. The molecule has 0 aromatic heterocycles. The van der Waals surface area contributed by atoms with Crippen LogP contribution >= 0.6 is 0 Å². The van der Waals surface area contributed by atoms with E-state index in [-0.39, 0.29) is 6.29 Å². The number of hydrogen-bond acceptors (Lipinski definition) is 2. The quantitative estimate of drug-likeness (QED) is 0.575. The van der Waals surface area contributed by atoms with Crippen LogP contribution in [-0.2, 0) is 9.47 Å². The Morgan fingerprint density at radius 1 is 1.78 bits per heavy atom. The van der Waals surface area contributed by atoms with Gasteiger partial charge < -0.3 is 9.47 Å². The van der Waals surface area contributed by atoms with E-state index in [0.717, 1.165) is 19.4 Å². The van der Waals surface area contributed by atoms with Crippen LogP contribution in [0.4, 0.5) is 0 Å². The van der Waals surface area contributed by atoms with E-state index < -0.39 is 0 Å². The summed E-state index contributed by atoms with van der Waals surface area (Å²) in [6.07, 6.45) is 5.63. The average molecular weight is 128 g/mol. The Labute approximate surface area is 55.5 Å². The van der Waals surface area contributed by atoms with Crippen LogP contribution in [-0.4, -0.2) is 12.9 Å². The molecule has 0 saturated heterocycles. The van der Waals surface area contributed by atoms with Crippen LogP contribution in [0.2, 0.25) is 0 Å². The fourth-order valence-electron chi connectivity index (χ4n) is 0.722. The van der Waals surface area contributed by atoms with Crippen molar-refractivity contribution in [2.24, 2.45) is 0 Å². The van der Waals surface area contributed by atoms with E-state index in [0.29, 0.717) is 0 Å². The number of hydrogen-bond donors (Lipinski definition) is 0. The lowest BCUT2D eigenvalue weighted by Crippen LogP contribution is -2.10. The molecule has 0 fully saturated rings. The minimum Gasteiger partial charge on any atom is -0.473 e. The van der Waals surface area contributed by atoms with Gasteiger partial charge in [0.05, 0.1) is 12.9 Å². The highest BCUT2D eigenvalue weighted by molar-refractivity contribution is 4.82. The zero-order valence-corrected chi connectivity index (χ0v) is 5.67. The highest BCUT2D eigenvalue weighted by Gasteiger charge is 2.09. The average Bonchev–Trinajstić information content (AvgIpc) is 2.34. The van der Waals surface area contributed by atoms with Gasteiger partial charge in [0, 0.05) is 6.42 Å². The molecule has 2 heteroatoms. The van der Waals surface area contributed by atoms with Crippen molar-refractivity contribution in [2.45, 2.75) is 26.1 Å². The summed E-state index contributed by atoms with van der Waals surface area (Å²) in [5, 5.41) is 0. The van der Waals surface area contributed by atoms with E-state index in [1.807, 2.05) is 6.08 Å². The molecule has 1 heterocycles. The monoisotopic (exact) mass is 128 g/mol. The molecule has 0 bridgehead atoms. The van der Waals surface area contributed by atoms with Crippen molar-refractivity contribution in [2.75, 3.05) is 6.61 Å². The SMILES string of the molecule is CCCOC1CC=CO1. The van der Waals surface area contributed by atoms with Gasteiger partial charge in [-0.15, -0.1) is 0 Å². The predicted molar refractivity (Wildman–Crippen MR) is 34.9 cm³/mol. The Morgan fingerprint density at radius 3 is 3.22 bits per heavy atom. The van der Waals surface area contributed by atoms with Gasteiger partial charge in [0.2, 0.25) is 6.29 Å². The Morgan fingerprint density at radius 2 is 2.67 bits per heavy atom.